The predicted molar refractivity (Wildman–Crippen MR) is 247 cm³/mol. The van der Waals surface area contributed by atoms with Crippen molar-refractivity contribution in [3.63, 3.8) is 0 Å². The van der Waals surface area contributed by atoms with Gasteiger partial charge in [-0.05, 0) is 48.9 Å². The van der Waals surface area contributed by atoms with Crippen molar-refractivity contribution in [3.05, 3.63) is 72.8 Å². The van der Waals surface area contributed by atoms with Gasteiger partial charge < -0.3 is 64.8 Å². The Hall–Kier alpha value is -4.43. The number of methoxy groups -OCH3 is 2. The number of hydrogen-bond donors (Lipinski definition) is 6. The van der Waals surface area contributed by atoms with Gasteiger partial charge in [0.15, 0.2) is 18.0 Å². The van der Waals surface area contributed by atoms with Gasteiger partial charge in [0.25, 0.3) is 0 Å². The number of nitrogens with zero attached hydrogens (tertiary/aromatic N) is 2. The fourth-order valence-electron chi connectivity index (χ4n) is 6.86. The molecule has 1 saturated heterocycles. The molecule has 2 amide bonds. The molecule has 2 aromatic rings. The summed E-state index contributed by atoms with van der Waals surface area (Å²) in [5, 5.41) is 50.7. The van der Waals surface area contributed by atoms with Crippen LogP contribution < -0.4 is 25.0 Å². The van der Waals surface area contributed by atoms with Crippen molar-refractivity contribution in [1.82, 2.24) is 0 Å². The molecule has 5 rings (SSSR count). The highest BCUT2D eigenvalue weighted by molar-refractivity contribution is 6.00. The number of benzene rings is 2. The molecule has 3 aliphatic heterocycles. The molecule has 3 heterocycles. The van der Waals surface area contributed by atoms with Crippen LogP contribution in [0.3, 0.4) is 0 Å². The second-order valence-corrected chi connectivity index (χ2v) is 17.8. The van der Waals surface area contributed by atoms with Gasteiger partial charge in [-0.15, -0.1) is 12.4 Å². The van der Waals surface area contributed by atoms with E-state index in [2.05, 4.69) is 0 Å². The van der Waals surface area contributed by atoms with E-state index in [4.69, 9.17) is 29.4 Å². The molecule has 1 fully saturated rings. The van der Waals surface area contributed by atoms with Crippen LogP contribution in [0, 0.1) is 16.7 Å². The molecular formula is C47H70ClN3O14. The van der Waals surface area contributed by atoms with Crippen LogP contribution in [0.15, 0.2) is 72.8 Å². The Bertz CT molecular complexity index is 1920. The quantitative estimate of drug-likeness (QED) is 0.125. The number of halogens is 1. The highest BCUT2D eigenvalue weighted by Gasteiger charge is 2.47. The summed E-state index contributed by atoms with van der Waals surface area (Å²) in [6, 6.07) is 14.1. The molecule has 0 radical (unpaired) electrons. The van der Waals surface area contributed by atoms with Crippen LogP contribution >= 0.6 is 12.4 Å². The maximum Gasteiger partial charge on any atom is 0.338 e. The number of fused-ring (bicyclic) bond motifs is 2. The van der Waals surface area contributed by atoms with Crippen molar-refractivity contribution in [2.75, 3.05) is 50.3 Å². The topological polar surface area (TPSA) is 248 Å². The number of anilines is 2. The van der Waals surface area contributed by atoms with E-state index in [1.807, 2.05) is 85.7 Å². The Morgan fingerprint density at radius 3 is 1.77 bits per heavy atom. The normalized spacial score (nSPS) is 23.3. The number of allylic oxidation sites excluding steroid dienone is 2. The van der Waals surface area contributed by atoms with Gasteiger partial charge in [-0.25, -0.2) is 4.79 Å². The minimum Gasteiger partial charge on any atom is -0.491 e. The monoisotopic (exact) mass is 935 g/mol. The number of esters is 1. The van der Waals surface area contributed by atoms with Crippen LogP contribution in [0.2, 0.25) is 0 Å². The minimum absolute atomic E-state index is 0. The number of likely N-dealkylation sites (N-methyl/N-ethyl adjacent to an activating group) is 1. The van der Waals surface area contributed by atoms with Crippen molar-refractivity contribution >= 4 is 47.3 Å². The van der Waals surface area contributed by atoms with Crippen LogP contribution in [0.1, 0.15) is 61.8 Å². The van der Waals surface area contributed by atoms with Crippen LogP contribution in [-0.4, -0.2) is 144 Å². The SMILES string of the molecule is CCN1C(=O)[C@@H](CC(=O)[C@H](OC)[C@H](O)[C@@H](O)[C@H](O)/C=C/C(C)(C)C)COc2ccccc21.CCN1C(=O)[C@@H](N)COc2ccccc21.CO[C@H]1C(=O)O[C@@H]([C@H](O)/C=C/C(C)(C)C)[C@H]1O.Cl. The van der Waals surface area contributed by atoms with E-state index in [-0.39, 0.29) is 54.7 Å². The van der Waals surface area contributed by atoms with Gasteiger partial charge >= 0.3 is 5.97 Å². The summed E-state index contributed by atoms with van der Waals surface area (Å²) in [5.74, 6) is -1.04. The summed E-state index contributed by atoms with van der Waals surface area (Å²) >= 11 is 0. The van der Waals surface area contributed by atoms with E-state index in [1.54, 1.807) is 40.2 Å². The lowest BCUT2D eigenvalue weighted by atomic mass is 9.91. The van der Waals surface area contributed by atoms with Gasteiger partial charge in [0, 0.05) is 33.7 Å². The van der Waals surface area contributed by atoms with Crippen LogP contribution in [0.25, 0.3) is 0 Å². The largest absolute Gasteiger partial charge is 0.491 e. The van der Waals surface area contributed by atoms with Gasteiger partial charge in [0.1, 0.15) is 67.4 Å². The maximum atomic E-state index is 13.1. The number of aliphatic hydroxyl groups excluding tert-OH is 5. The lowest BCUT2D eigenvalue weighted by molar-refractivity contribution is -0.150. The molecule has 18 heteroatoms. The molecular weight excluding hydrogens is 866 g/mol. The summed E-state index contributed by atoms with van der Waals surface area (Å²) in [6.07, 6.45) is -4.09. The zero-order valence-electron chi connectivity index (χ0n) is 39.0. The van der Waals surface area contributed by atoms with Gasteiger partial charge in [-0.3, -0.25) is 14.4 Å². The smallest absolute Gasteiger partial charge is 0.338 e. The van der Waals surface area contributed by atoms with Crippen molar-refractivity contribution in [2.45, 2.75) is 117 Å². The number of para-hydroxylation sites is 4. The summed E-state index contributed by atoms with van der Waals surface area (Å²) in [5.41, 5.74) is 6.83. The number of carbonyl (C=O) groups excluding carboxylic acids is 4. The molecule has 17 nitrogen and oxygen atoms in total. The summed E-state index contributed by atoms with van der Waals surface area (Å²) < 4.78 is 26.1. The van der Waals surface area contributed by atoms with Crippen molar-refractivity contribution in [3.8, 4) is 11.5 Å². The average Bonchev–Trinajstić information content (AvgIpc) is 3.38. The first-order chi connectivity index (χ1) is 30.0. The lowest BCUT2D eigenvalue weighted by Crippen LogP contribution is -2.49. The van der Waals surface area contributed by atoms with E-state index >= 15 is 0 Å². The molecule has 2 aromatic carbocycles. The predicted octanol–water partition coefficient (Wildman–Crippen LogP) is 3.14. The minimum atomic E-state index is -1.67. The number of ether oxygens (including phenoxy) is 5. The molecule has 0 aliphatic carbocycles. The second-order valence-electron chi connectivity index (χ2n) is 17.8. The van der Waals surface area contributed by atoms with Gasteiger partial charge in [0.2, 0.25) is 11.8 Å². The van der Waals surface area contributed by atoms with Crippen LogP contribution in [0.5, 0.6) is 11.5 Å². The number of cyclic esters (lactones) is 1. The van der Waals surface area contributed by atoms with Crippen molar-refractivity contribution in [1.29, 1.82) is 0 Å². The van der Waals surface area contributed by atoms with Crippen molar-refractivity contribution in [2.24, 2.45) is 22.5 Å². The lowest BCUT2D eigenvalue weighted by Gasteiger charge is -2.28. The Morgan fingerprint density at radius 2 is 1.29 bits per heavy atom. The number of hydrogen-bond acceptors (Lipinski definition) is 15. The van der Waals surface area contributed by atoms with E-state index in [1.165, 1.54) is 26.4 Å². The summed E-state index contributed by atoms with van der Waals surface area (Å²) in [6.45, 7) is 16.7. The highest BCUT2D eigenvalue weighted by atomic mass is 35.5. The first-order valence-corrected chi connectivity index (χ1v) is 21.4. The number of Topliss-reactive ketones (excluding diaryl/α,β-unsaturated/α-hetero) is 1. The van der Waals surface area contributed by atoms with Crippen molar-refractivity contribution < 1.29 is 68.4 Å². The first kappa shape index (κ1) is 56.7. The molecule has 10 atom stereocenters. The Balaban J connectivity index is 0.000000368. The molecule has 65 heavy (non-hydrogen) atoms. The number of rotatable bonds is 13. The van der Waals surface area contributed by atoms with E-state index in [9.17, 15) is 44.7 Å². The molecule has 0 saturated carbocycles. The molecule has 7 N–H and O–H groups in total. The van der Waals surface area contributed by atoms with Gasteiger partial charge in [-0.1, -0.05) is 90.1 Å². The first-order valence-electron chi connectivity index (χ1n) is 21.4. The fourth-order valence-corrected chi connectivity index (χ4v) is 6.86. The van der Waals surface area contributed by atoms with Gasteiger partial charge in [0.05, 0.1) is 17.3 Å². The Labute approximate surface area is 388 Å². The molecule has 0 bridgehead atoms. The number of carbonyl (C=O) groups is 4. The molecule has 0 spiro atoms. The Kier molecular flexibility index (Phi) is 22.2. The van der Waals surface area contributed by atoms with Gasteiger partial charge in [-0.2, -0.15) is 0 Å². The molecule has 3 aliphatic rings. The standard InChI is InChI=1S/C24H35NO7.C12H20O5.C11H14N2O2.ClH/c1-6-25-16-9-7-8-10-19(16)32-14-15(23(25)30)13-18(27)22(31-5)21(29)20(28)17(26)11-12-24(2,3)4;1-12(2,3)6-5-7(13)9-8(14)10(16-4)11(15)17-9;1-2-13-9-5-3-4-6-10(9)15-7-8(12)11(13)14;/h7-12,15,17,20-22,26,28-29H,6,13-14H2,1-5H3;5-10,13-14H,1-4H3;3-6,8H,2,7,12H2,1H3;1H/b12-11+;6-5+;;/t15-,17+,20-,21+,22-;7-,8-,9+,10-;8-;/m010./s1. The number of amides is 2. The third kappa shape index (κ3) is 15.9. The summed E-state index contributed by atoms with van der Waals surface area (Å²) in [7, 11) is 2.55. The van der Waals surface area contributed by atoms with E-state index in [0.717, 1.165) is 11.4 Å². The van der Waals surface area contributed by atoms with Crippen LogP contribution in [0.4, 0.5) is 11.4 Å². The maximum absolute atomic E-state index is 13.1. The molecule has 0 unspecified atom stereocenters. The highest BCUT2D eigenvalue weighted by Crippen LogP contribution is 2.34. The Morgan fingerprint density at radius 1 is 0.800 bits per heavy atom. The fraction of sp³-hybridized carbons (Fsp3) is 0.574. The second kappa shape index (κ2) is 25.5. The third-order valence-electron chi connectivity index (χ3n) is 10.3. The third-order valence-corrected chi connectivity index (χ3v) is 10.3. The average molecular weight is 937 g/mol. The zero-order chi connectivity index (χ0) is 48.1. The summed E-state index contributed by atoms with van der Waals surface area (Å²) in [4.78, 5) is 52.4. The number of ketones is 1. The van der Waals surface area contributed by atoms with E-state index in [0.29, 0.717) is 24.5 Å². The molecule has 0 aromatic heterocycles. The number of aliphatic hydroxyl groups is 5. The number of nitrogens with two attached hydrogens (primary N) is 1. The van der Waals surface area contributed by atoms with E-state index < -0.39 is 72.5 Å². The zero-order valence-corrected chi connectivity index (χ0v) is 39.8. The van der Waals surface area contributed by atoms with Crippen LogP contribution in [-0.2, 0) is 33.4 Å². The molecule has 364 valence electrons.